The van der Waals surface area contributed by atoms with Crippen molar-refractivity contribution in [2.45, 2.75) is 50.6 Å². The van der Waals surface area contributed by atoms with Crippen molar-refractivity contribution >= 4 is 23.5 Å². The first-order valence-corrected chi connectivity index (χ1v) is 9.74. The van der Waals surface area contributed by atoms with E-state index >= 15 is 0 Å². The third-order valence-electron chi connectivity index (χ3n) is 4.37. The lowest BCUT2D eigenvalue weighted by atomic mass is 10.2. The molecule has 0 unspecified atom stereocenters. The van der Waals surface area contributed by atoms with Crippen molar-refractivity contribution in [2.24, 2.45) is 0 Å². The van der Waals surface area contributed by atoms with Gasteiger partial charge in [-0.05, 0) is 49.2 Å². The molecule has 0 aliphatic heterocycles. The number of carbonyl (C=O) groups excluding carboxylic acids is 1. The second-order valence-corrected chi connectivity index (χ2v) is 7.64. The van der Waals surface area contributed by atoms with E-state index in [1.54, 1.807) is 16.9 Å². The number of carbonyl (C=O) groups is 1. The Bertz CT molecular complexity index is 920. The molecular weight excluding hydrogens is 362 g/mol. The largest absolute Gasteiger partial charge is 0.310 e. The van der Waals surface area contributed by atoms with E-state index in [2.05, 4.69) is 39.8 Å². The first kappa shape index (κ1) is 19.1. The number of thioether (sulfide) groups is 1. The molecule has 0 fully saturated rings. The molecule has 1 aromatic carbocycles. The van der Waals surface area contributed by atoms with E-state index in [0.29, 0.717) is 11.0 Å². The van der Waals surface area contributed by atoms with Gasteiger partial charge >= 0.3 is 0 Å². The van der Waals surface area contributed by atoms with E-state index < -0.39 is 0 Å². The number of rotatable bonds is 7. The maximum Gasteiger partial charge on any atom is 0.238 e. The number of anilines is 1. The summed E-state index contributed by atoms with van der Waals surface area (Å²) in [6.07, 6.45) is 2.62. The highest BCUT2D eigenvalue weighted by atomic mass is 32.2. The van der Waals surface area contributed by atoms with Gasteiger partial charge in [0.25, 0.3) is 0 Å². The molecule has 0 aliphatic carbocycles. The summed E-state index contributed by atoms with van der Waals surface area (Å²) in [5.41, 5.74) is 1.95. The molecule has 0 radical (unpaired) electrons. The Labute approximate surface area is 162 Å². The first-order valence-electron chi connectivity index (χ1n) is 8.86. The molecule has 1 N–H and O–H groups in total. The molecule has 1 amide bonds. The van der Waals surface area contributed by atoms with Crippen LogP contribution in [0.15, 0.2) is 41.7 Å². The highest BCUT2D eigenvalue weighted by Crippen LogP contribution is 2.25. The Morgan fingerprint density at radius 3 is 2.78 bits per heavy atom. The maximum atomic E-state index is 12.7. The Balaban J connectivity index is 1.73. The van der Waals surface area contributed by atoms with Crippen LogP contribution in [0.25, 0.3) is 5.69 Å². The topological polar surface area (TPSA) is 90.5 Å². The zero-order valence-corrected chi connectivity index (χ0v) is 16.6. The zero-order chi connectivity index (χ0) is 19.4. The average Bonchev–Trinajstić information content (AvgIpc) is 3.31. The van der Waals surface area contributed by atoms with Crippen molar-refractivity contribution in [2.75, 3.05) is 5.32 Å². The predicted octanol–water partition coefficient (Wildman–Crippen LogP) is 3.26. The number of hydrogen-bond donors (Lipinski definition) is 1. The third kappa shape index (κ3) is 4.19. The number of amides is 1. The van der Waals surface area contributed by atoms with Gasteiger partial charge in [0.1, 0.15) is 5.82 Å². The fourth-order valence-corrected chi connectivity index (χ4v) is 3.38. The van der Waals surface area contributed by atoms with E-state index in [0.717, 1.165) is 17.7 Å². The number of hydrogen-bond acceptors (Lipinski definition) is 6. The Hall–Kier alpha value is -2.68. The summed E-state index contributed by atoms with van der Waals surface area (Å²) in [5.74, 6) is 0.574. The fraction of sp³-hybridized carbons (Fsp3) is 0.389. The van der Waals surface area contributed by atoms with Gasteiger partial charge in [-0.2, -0.15) is 9.78 Å². The zero-order valence-electron chi connectivity index (χ0n) is 15.8. The molecule has 3 aromatic rings. The standard InChI is InChI=1S/C18H23N7OS/c1-5-13(3)24-16(10-11-19-24)20-17(26)14(4)27-18-21-22-23-25(18)15-9-7-6-8-12(15)2/h6-11,13-14H,5H2,1-4H3,(H,20,26)/t13-,14-/m0/s1. The van der Waals surface area contributed by atoms with Crippen LogP contribution in [0.4, 0.5) is 5.82 Å². The van der Waals surface area contributed by atoms with Gasteiger partial charge in [-0.15, -0.1) is 5.10 Å². The van der Waals surface area contributed by atoms with Crippen LogP contribution in [0.3, 0.4) is 0 Å². The summed E-state index contributed by atoms with van der Waals surface area (Å²) in [6, 6.07) is 9.87. The fourth-order valence-electron chi connectivity index (χ4n) is 2.58. The number of aromatic nitrogens is 6. The minimum absolute atomic E-state index is 0.121. The summed E-state index contributed by atoms with van der Waals surface area (Å²) in [6.45, 7) is 7.98. The summed E-state index contributed by atoms with van der Waals surface area (Å²) in [4.78, 5) is 12.7. The molecule has 0 bridgehead atoms. The minimum Gasteiger partial charge on any atom is -0.310 e. The van der Waals surface area contributed by atoms with Crippen LogP contribution in [-0.2, 0) is 4.79 Å². The highest BCUT2D eigenvalue weighted by molar-refractivity contribution is 8.00. The number of tetrazole rings is 1. The molecule has 3 rings (SSSR count). The highest BCUT2D eigenvalue weighted by Gasteiger charge is 2.21. The van der Waals surface area contributed by atoms with Gasteiger partial charge in [0.15, 0.2) is 0 Å². The van der Waals surface area contributed by atoms with Crippen molar-refractivity contribution in [1.82, 2.24) is 30.0 Å². The van der Waals surface area contributed by atoms with Crippen LogP contribution >= 0.6 is 11.8 Å². The van der Waals surface area contributed by atoms with Gasteiger partial charge in [0.05, 0.1) is 23.2 Å². The van der Waals surface area contributed by atoms with E-state index in [1.807, 2.05) is 42.8 Å². The molecule has 0 saturated heterocycles. The normalized spacial score (nSPS) is 13.3. The van der Waals surface area contributed by atoms with Crippen molar-refractivity contribution < 1.29 is 4.79 Å². The minimum atomic E-state index is -0.376. The SMILES string of the molecule is CC[C@H](C)n1nccc1NC(=O)[C@H](C)Sc1nnnn1-c1ccccc1C. The number of nitrogens with zero attached hydrogens (tertiary/aromatic N) is 6. The van der Waals surface area contributed by atoms with Gasteiger partial charge in [-0.25, -0.2) is 4.68 Å². The maximum absolute atomic E-state index is 12.7. The molecule has 9 heteroatoms. The van der Waals surface area contributed by atoms with E-state index in [-0.39, 0.29) is 17.2 Å². The van der Waals surface area contributed by atoms with Crippen LogP contribution in [0.5, 0.6) is 0 Å². The van der Waals surface area contributed by atoms with Gasteiger partial charge in [0.2, 0.25) is 11.1 Å². The van der Waals surface area contributed by atoms with Crippen LogP contribution < -0.4 is 5.32 Å². The number of nitrogens with one attached hydrogen (secondary N) is 1. The molecule has 27 heavy (non-hydrogen) atoms. The van der Waals surface area contributed by atoms with Crippen molar-refractivity contribution in [1.29, 1.82) is 0 Å². The Morgan fingerprint density at radius 1 is 1.26 bits per heavy atom. The van der Waals surface area contributed by atoms with Gasteiger partial charge in [0, 0.05) is 6.07 Å². The first-order chi connectivity index (χ1) is 13.0. The number of benzene rings is 1. The predicted molar refractivity (Wildman–Crippen MR) is 105 cm³/mol. The Kier molecular flexibility index (Phi) is 5.90. The second-order valence-electron chi connectivity index (χ2n) is 6.33. The molecule has 0 saturated carbocycles. The molecule has 0 spiro atoms. The van der Waals surface area contributed by atoms with Crippen molar-refractivity contribution in [3.8, 4) is 5.69 Å². The second kappa shape index (κ2) is 8.34. The van der Waals surface area contributed by atoms with Crippen LogP contribution in [0, 0.1) is 6.92 Å². The number of para-hydroxylation sites is 1. The van der Waals surface area contributed by atoms with E-state index in [4.69, 9.17) is 0 Å². The van der Waals surface area contributed by atoms with Gasteiger partial charge in [-0.3, -0.25) is 4.79 Å². The smallest absolute Gasteiger partial charge is 0.238 e. The van der Waals surface area contributed by atoms with Gasteiger partial charge < -0.3 is 5.32 Å². The molecular formula is C18H23N7OS. The van der Waals surface area contributed by atoms with Crippen LogP contribution in [0.1, 0.15) is 38.8 Å². The molecule has 2 heterocycles. The van der Waals surface area contributed by atoms with Gasteiger partial charge in [-0.1, -0.05) is 36.9 Å². The lowest BCUT2D eigenvalue weighted by Gasteiger charge is -2.16. The monoisotopic (exact) mass is 385 g/mol. The summed E-state index contributed by atoms with van der Waals surface area (Å²) >= 11 is 1.32. The molecule has 2 atom stereocenters. The van der Waals surface area contributed by atoms with E-state index in [9.17, 15) is 4.79 Å². The quantitative estimate of drug-likeness (QED) is 0.628. The summed E-state index contributed by atoms with van der Waals surface area (Å²) in [7, 11) is 0. The molecule has 142 valence electrons. The lowest BCUT2D eigenvalue weighted by molar-refractivity contribution is -0.115. The summed E-state index contributed by atoms with van der Waals surface area (Å²) in [5, 5.41) is 19.4. The lowest BCUT2D eigenvalue weighted by Crippen LogP contribution is -2.25. The van der Waals surface area contributed by atoms with Crippen LogP contribution in [0.2, 0.25) is 0 Å². The van der Waals surface area contributed by atoms with Crippen LogP contribution in [-0.4, -0.2) is 41.1 Å². The van der Waals surface area contributed by atoms with Crippen molar-refractivity contribution in [3.63, 3.8) is 0 Å². The summed E-state index contributed by atoms with van der Waals surface area (Å²) < 4.78 is 3.49. The van der Waals surface area contributed by atoms with Crippen molar-refractivity contribution in [3.05, 3.63) is 42.1 Å². The molecule has 2 aromatic heterocycles. The Morgan fingerprint density at radius 2 is 2.04 bits per heavy atom. The van der Waals surface area contributed by atoms with E-state index in [1.165, 1.54) is 11.8 Å². The average molecular weight is 385 g/mol. The number of aryl methyl sites for hydroxylation is 1. The third-order valence-corrected chi connectivity index (χ3v) is 5.40. The molecule has 8 nitrogen and oxygen atoms in total. The molecule has 0 aliphatic rings.